The Labute approximate surface area is 452 Å². The van der Waals surface area contributed by atoms with Gasteiger partial charge in [0.05, 0.1) is 29.0 Å². The molecule has 4 aliphatic heterocycles. The van der Waals surface area contributed by atoms with Gasteiger partial charge in [-0.1, -0.05) is 32.9 Å². The van der Waals surface area contributed by atoms with Crippen LogP contribution in [0, 0.1) is 5.92 Å². The van der Waals surface area contributed by atoms with Crippen molar-refractivity contribution in [2.24, 2.45) is 5.92 Å². The molecule has 418 valence electrons. The lowest BCUT2D eigenvalue weighted by Gasteiger charge is -2.31. The highest BCUT2D eigenvalue weighted by atomic mass is 16.7. The monoisotopic (exact) mass is 1090 g/mol. The number of rotatable bonds is 20. The number of pyridine rings is 2. The van der Waals surface area contributed by atoms with Crippen LogP contribution in [0.25, 0.3) is 22.3 Å². The Morgan fingerprint density at radius 3 is 2.20 bits per heavy atom. The average Bonchev–Trinajstić information content (AvgIpc) is 4.20. The first-order valence-corrected chi connectivity index (χ1v) is 25.8. The summed E-state index contributed by atoms with van der Waals surface area (Å²) in [6.45, 7) is 11.0. The molecule has 0 radical (unpaired) electrons. The van der Waals surface area contributed by atoms with E-state index in [-0.39, 0.29) is 94.5 Å². The number of fused-ring (bicyclic) bond motifs is 6. The molecule has 4 atom stereocenters. The second kappa shape index (κ2) is 23.1. The summed E-state index contributed by atoms with van der Waals surface area (Å²) in [5, 5.41) is 25.3. The third-order valence-corrected chi connectivity index (χ3v) is 13.6. The number of imide groups is 1. The Morgan fingerprint density at radius 2 is 1.53 bits per heavy atom. The van der Waals surface area contributed by atoms with Gasteiger partial charge in [-0.25, -0.2) is 14.6 Å². The van der Waals surface area contributed by atoms with Gasteiger partial charge in [0.2, 0.25) is 30.4 Å². The van der Waals surface area contributed by atoms with Crippen LogP contribution in [0.4, 0.5) is 10.5 Å². The Kier molecular flexibility index (Phi) is 16.5. The molecular formula is C55H62N8O16. The third kappa shape index (κ3) is 12.7. The maximum atomic E-state index is 13.9. The van der Waals surface area contributed by atoms with Gasteiger partial charge in [-0.3, -0.25) is 43.3 Å². The third-order valence-electron chi connectivity index (χ3n) is 13.6. The number of nitrogens with zero attached hydrogens (tertiary/aromatic N) is 3. The molecular weight excluding hydrogens is 1030 g/mol. The van der Waals surface area contributed by atoms with Gasteiger partial charge in [0.1, 0.15) is 36.9 Å². The normalized spacial score (nSPS) is 17.0. The minimum atomic E-state index is -2.03. The van der Waals surface area contributed by atoms with Gasteiger partial charge in [-0.05, 0) is 88.3 Å². The predicted molar refractivity (Wildman–Crippen MR) is 279 cm³/mol. The van der Waals surface area contributed by atoms with E-state index >= 15 is 0 Å². The topological polar surface area (TPSA) is 318 Å². The summed E-state index contributed by atoms with van der Waals surface area (Å²) in [6.07, 6.45) is 0.863. The van der Waals surface area contributed by atoms with Crippen LogP contribution in [0.1, 0.15) is 108 Å². The zero-order valence-corrected chi connectivity index (χ0v) is 44.7. The quantitative estimate of drug-likeness (QED) is 0.0370. The summed E-state index contributed by atoms with van der Waals surface area (Å²) in [5.74, 6) is -4.50. The number of ether oxygens (including phenoxy) is 5. The zero-order chi connectivity index (χ0) is 57.1. The van der Waals surface area contributed by atoms with Crippen molar-refractivity contribution in [3.05, 3.63) is 92.8 Å². The zero-order valence-electron chi connectivity index (χ0n) is 44.7. The Balaban J connectivity index is 0.898. The van der Waals surface area contributed by atoms with E-state index in [4.69, 9.17) is 28.7 Å². The number of hydrogen-bond acceptors (Lipinski definition) is 17. The number of nitrogens with one attached hydrogen (secondary N) is 5. The van der Waals surface area contributed by atoms with E-state index in [0.717, 1.165) is 17.1 Å². The summed E-state index contributed by atoms with van der Waals surface area (Å²) in [7, 11) is 0. The van der Waals surface area contributed by atoms with Gasteiger partial charge >= 0.3 is 18.0 Å². The number of hydrogen-bond donors (Lipinski definition) is 6. The largest absolute Gasteiger partial charge is 0.460 e. The van der Waals surface area contributed by atoms with E-state index in [2.05, 4.69) is 26.6 Å². The fourth-order valence-electron chi connectivity index (χ4n) is 9.46. The van der Waals surface area contributed by atoms with Gasteiger partial charge < -0.3 is 59.9 Å². The van der Waals surface area contributed by atoms with E-state index in [9.17, 15) is 53.1 Å². The van der Waals surface area contributed by atoms with Gasteiger partial charge in [-0.15, -0.1) is 0 Å². The van der Waals surface area contributed by atoms with Crippen LogP contribution in [0.5, 0.6) is 11.5 Å². The molecule has 4 aromatic rings. The molecule has 6 N–H and O–H groups in total. The van der Waals surface area contributed by atoms with E-state index in [1.807, 2.05) is 13.8 Å². The second-order valence-electron chi connectivity index (χ2n) is 20.9. The van der Waals surface area contributed by atoms with E-state index in [1.165, 1.54) is 11.5 Å². The number of esters is 2. The number of benzene rings is 2. The Morgan fingerprint density at radius 1 is 0.835 bits per heavy atom. The molecule has 6 heterocycles. The van der Waals surface area contributed by atoms with Crippen molar-refractivity contribution >= 4 is 70.1 Å². The molecule has 0 saturated heterocycles. The number of aromatic nitrogens is 2. The number of alkyl carbamates (subject to hydrolysis) is 1. The SMILES string of the molecule is CCC1(O)C(=O)OCc2c1cc1n(c2=O)Cc2c-1nc1cc3c(cc1c2CNC(=O)OCc1ccc(NC(=O)[C@H](CCC(=O)OC(C)(C)C)NC(=O)[C@H](C)NC(=O)[C@@H](CC(C)C)NC(=O)CCN2C(=O)C=CC2=O)cc1)OCO3. The smallest absolute Gasteiger partial charge is 0.407 e. The molecule has 79 heavy (non-hydrogen) atoms. The van der Waals surface area contributed by atoms with Crippen LogP contribution in [-0.2, 0) is 84.5 Å². The number of carbonyl (C=O) groups excluding carboxylic acids is 9. The number of anilines is 1. The van der Waals surface area contributed by atoms with E-state index in [1.54, 1.807) is 70.2 Å². The predicted octanol–water partition coefficient (Wildman–Crippen LogP) is 3.13. The first-order valence-electron chi connectivity index (χ1n) is 25.8. The first-order chi connectivity index (χ1) is 37.4. The summed E-state index contributed by atoms with van der Waals surface area (Å²) in [5.41, 5.74) is 0.312. The highest BCUT2D eigenvalue weighted by Gasteiger charge is 2.46. The van der Waals surface area contributed by atoms with E-state index in [0.29, 0.717) is 50.5 Å². The Bertz CT molecular complexity index is 3240. The molecule has 0 spiro atoms. The Hall–Kier alpha value is -8.67. The van der Waals surface area contributed by atoms with Crippen LogP contribution in [-0.4, -0.2) is 110 Å². The number of aliphatic hydroxyl groups is 1. The van der Waals surface area contributed by atoms with Crippen molar-refractivity contribution in [3.63, 3.8) is 0 Å². The molecule has 8 rings (SSSR count). The maximum absolute atomic E-state index is 13.9. The number of amides is 7. The fourth-order valence-corrected chi connectivity index (χ4v) is 9.46. The molecule has 1 unspecified atom stereocenters. The minimum Gasteiger partial charge on any atom is -0.460 e. The van der Waals surface area contributed by atoms with Crippen LogP contribution in [0.15, 0.2) is 59.4 Å². The van der Waals surface area contributed by atoms with E-state index < -0.39 is 88.4 Å². The summed E-state index contributed by atoms with van der Waals surface area (Å²) in [6, 6.07) is 7.71. The molecule has 0 saturated carbocycles. The first kappa shape index (κ1) is 56.5. The lowest BCUT2D eigenvalue weighted by molar-refractivity contribution is -0.172. The van der Waals surface area contributed by atoms with Crippen molar-refractivity contribution in [2.45, 2.75) is 136 Å². The molecule has 2 aromatic carbocycles. The molecule has 7 amide bonds. The van der Waals surface area contributed by atoms with Gasteiger partial charge in [0, 0.05) is 66.4 Å². The number of cyclic esters (lactones) is 1. The van der Waals surface area contributed by atoms with Crippen molar-refractivity contribution < 1.29 is 71.9 Å². The van der Waals surface area contributed by atoms with Crippen molar-refractivity contribution in [2.75, 3.05) is 18.7 Å². The van der Waals surface area contributed by atoms with Crippen LogP contribution < -0.4 is 41.6 Å². The van der Waals surface area contributed by atoms with Gasteiger partial charge in [0.15, 0.2) is 17.1 Å². The molecule has 0 aliphatic carbocycles. The standard InChI is InChI=1S/C55H62N8O16/c1-8-55(74)36-21-40-47-34(24-63(40)51(71)35(36)26-75-52(55)72)33(32-20-41-42(78-27-77-41)22-38(32)60-47)23-56-53(73)76-25-30-9-11-31(12-10-30)58-49(69)37(13-16-46(67)79-54(5,6)7)61-48(68)29(4)57-50(70)39(19-28(2)3)59-43(64)17-18-62-44(65)14-15-45(62)66/h9-12,14-15,20-22,28-29,37,39,74H,8,13,16-19,23-27H2,1-7H3,(H,56,73)(H,57,70)(H,58,69)(H,59,64)(H,61,68)/t29-,37-,39+,55?/m0/s1. The maximum Gasteiger partial charge on any atom is 0.407 e. The van der Waals surface area contributed by atoms with Crippen LogP contribution in [0.2, 0.25) is 0 Å². The summed E-state index contributed by atoms with van der Waals surface area (Å²) in [4.78, 5) is 136. The summed E-state index contributed by atoms with van der Waals surface area (Å²) >= 11 is 0. The minimum absolute atomic E-state index is 0.00523. The average molecular weight is 1090 g/mol. The lowest BCUT2D eigenvalue weighted by Crippen LogP contribution is -2.55. The molecule has 4 aliphatic rings. The number of carbonyl (C=O) groups is 9. The van der Waals surface area contributed by atoms with Crippen LogP contribution in [0.3, 0.4) is 0 Å². The molecule has 0 bridgehead atoms. The van der Waals surface area contributed by atoms with Crippen molar-refractivity contribution in [3.8, 4) is 22.9 Å². The fraction of sp³-hybridized carbons (Fsp3) is 0.436. The highest BCUT2D eigenvalue weighted by Crippen LogP contribution is 2.43. The second-order valence-corrected chi connectivity index (χ2v) is 20.9. The van der Waals surface area contributed by atoms with Crippen molar-refractivity contribution in [1.29, 1.82) is 0 Å². The molecule has 24 nitrogen and oxygen atoms in total. The molecule has 24 heteroatoms. The molecule has 0 fully saturated rings. The van der Waals surface area contributed by atoms with Gasteiger partial charge in [-0.2, -0.15) is 0 Å². The summed E-state index contributed by atoms with van der Waals surface area (Å²) < 4.78 is 29.0. The lowest BCUT2D eigenvalue weighted by atomic mass is 9.86. The highest BCUT2D eigenvalue weighted by molar-refractivity contribution is 6.13. The molecule has 2 aromatic heterocycles. The van der Waals surface area contributed by atoms with Crippen molar-refractivity contribution in [1.82, 2.24) is 35.7 Å². The van der Waals surface area contributed by atoms with Gasteiger partial charge in [0.25, 0.3) is 17.4 Å². The van der Waals surface area contributed by atoms with Crippen LogP contribution >= 0.6 is 0 Å².